The molecule has 1 saturated heterocycles. The second-order valence-corrected chi connectivity index (χ2v) is 9.47. The number of benzene rings is 1. The number of carbonyl (C=O) groups excluding carboxylic acids is 3. The summed E-state index contributed by atoms with van der Waals surface area (Å²) in [7, 11) is 0. The molecule has 0 bridgehead atoms. The van der Waals surface area contributed by atoms with Gasteiger partial charge >= 0.3 is 0 Å². The summed E-state index contributed by atoms with van der Waals surface area (Å²) in [6, 6.07) is 10.9. The molecule has 1 aliphatic heterocycles. The Bertz CT molecular complexity index is 1190. The number of nitrogens with zero attached hydrogens (tertiary/aromatic N) is 2. The van der Waals surface area contributed by atoms with E-state index < -0.39 is 0 Å². The van der Waals surface area contributed by atoms with Crippen molar-refractivity contribution in [2.24, 2.45) is 0 Å². The fourth-order valence-electron chi connectivity index (χ4n) is 3.87. The molecular weight excluding hydrogens is 452 g/mol. The number of thiophene rings is 1. The predicted octanol–water partition coefficient (Wildman–Crippen LogP) is 3.92. The highest BCUT2D eigenvalue weighted by Gasteiger charge is 2.26. The third kappa shape index (κ3) is 5.37. The average molecular weight is 481 g/mol. The summed E-state index contributed by atoms with van der Waals surface area (Å²) in [6.07, 6.45) is 1.44. The standard InChI is InChI=1S/C25H28N4O4S/c1-16-6-4-7-19(18(16)3)26-21(30)15-28-9-11-29(12-10-28)25(32)23-17(2)14-22(34-23)27-24(31)20-8-5-13-33-20/h4-8,13-14H,9-12,15H2,1-3H3,(H,26,30)(H,27,31). The van der Waals surface area contributed by atoms with E-state index in [1.54, 1.807) is 23.1 Å². The lowest BCUT2D eigenvalue weighted by molar-refractivity contribution is -0.117. The van der Waals surface area contributed by atoms with E-state index in [0.717, 1.165) is 22.4 Å². The molecule has 0 radical (unpaired) electrons. The van der Waals surface area contributed by atoms with Crippen molar-refractivity contribution in [2.75, 3.05) is 43.4 Å². The Morgan fingerprint density at radius 3 is 2.44 bits per heavy atom. The molecule has 0 aliphatic carbocycles. The monoisotopic (exact) mass is 480 g/mol. The summed E-state index contributed by atoms with van der Waals surface area (Å²) in [4.78, 5) is 42.3. The third-order valence-corrected chi connectivity index (χ3v) is 7.14. The molecular formula is C25H28N4O4S. The lowest BCUT2D eigenvalue weighted by Crippen LogP contribution is -2.50. The number of anilines is 2. The largest absolute Gasteiger partial charge is 0.459 e. The molecule has 1 aromatic carbocycles. The first-order valence-electron chi connectivity index (χ1n) is 11.1. The van der Waals surface area contributed by atoms with Crippen LogP contribution >= 0.6 is 11.3 Å². The Morgan fingerprint density at radius 2 is 1.74 bits per heavy atom. The first-order chi connectivity index (χ1) is 16.3. The zero-order chi connectivity index (χ0) is 24.2. The van der Waals surface area contributed by atoms with Crippen molar-refractivity contribution in [1.29, 1.82) is 0 Å². The van der Waals surface area contributed by atoms with Gasteiger partial charge in [0.05, 0.1) is 22.7 Å². The molecule has 178 valence electrons. The number of aryl methyl sites for hydroxylation is 2. The molecule has 3 amide bonds. The van der Waals surface area contributed by atoms with E-state index in [1.807, 2.05) is 39.0 Å². The van der Waals surface area contributed by atoms with Crippen molar-refractivity contribution in [3.8, 4) is 0 Å². The van der Waals surface area contributed by atoms with E-state index in [4.69, 9.17) is 4.42 Å². The van der Waals surface area contributed by atoms with Crippen molar-refractivity contribution in [1.82, 2.24) is 9.80 Å². The third-order valence-electron chi connectivity index (χ3n) is 6.00. The minimum atomic E-state index is -0.349. The van der Waals surface area contributed by atoms with Crippen LogP contribution in [0.2, 0.25) is 0 Å². The molecule has 1 aliphatic rings. The number of furan rings is 1. The van der Waals surface area contributed by atoms with Gasteiger partial charge in [-0.25, -0.2) is 0 Å². The Labute approximate surface area is 202 Å². The van der Waals surface area contributed by atoms with Gasteiger partial charge in [0.1, 0.15) is 0 Å². The average Bonchev–Trinajstić information content (AvgIpc) is 3.47. The molecule has 0 unspecified atom stereocenters. The molecule has 8 nitrogen and oxygen atoms in total. The van der Waals surface area contributed by atoms with Crippen LogP contribution in [0.1, 0.15) is 36.9 Å². The van der Waals surface area contributed by atoms with Gasteiger partial charge in [-0.3, -0.25) is 19.3 Å². The maximum Gasteiger partial charge on any atom is 0.291 e. The normalized spacial score (nSPS) is 14.1. The highest BCUT2D eigenvalue weighted by Crippen LogP contribution is 2.28. The fourth-order valence-corrected chi connectivity index (χ4v) is 4.90. The van der Waals surface area contributed by atoms with Gasteiger partial charge in [-0.15, -0.1) is 11.3 Å². The Balaban J connectivity index is 1.29. The van der Waals surface area contributed by atoms with E-state index >= 15 is 0 Å². The summed E-state index contributed by atoms with van der Waals surface area (Å²) in [5.74, 6) is -0.241. The van der Waals surface area contributed by atoms with Crippen LogP contribution < -0.4 is 10.6 Å². The molecule has 2 N–H and O–H groups in total. The van der Waals surface area contributed by atoms with Crippen molar-refractivity contribution < 1.29 is 18.8 Å². The first kappa shape index (κ1) is 23.7. The Kier molecular flexibility index (Phi) is 7.14. The molecule has 0 spiro atoms. The number of amides is 3. The van der Waals surface area contributed by atoms with Gasteiger partial charge in [0, 0.05) is 31.9 Å². The van der Waals surface area contributed by atoms with Gasteiger partial charge in [-0.1, -0.05) is 12.1 Å². The van der Waals surface area contributed by atoms with Crippen molar-refractivity contribution in [2.45, 2.75) is 20.8 Å². The number of carbonyl (C=O) groups is 3. The van der Waals surface area contributed by atoms with Crippen LogP contribution in [-0.4, -0.2) is 60.2 Å². The molecule has 3 heterocycles. The van der Waals surface area contributed by atoms with Gasteiger partial charge in [0.25, 0.3) is 11.8 Å². The summed E-state index contributed by atoms with van der Waals surface area (Å²) in [6.45, 7) is 8.50. The van der Waals surface area contributed by atoms with Crippen LogP contribution in [0.4, 0.5) is 10.7 Å². The van der Waals surface area contributed by atoms with Crippen LogP contribution in [-0.2, 0) is 4.79 Å². The second kappa shape index (κ2) is 10.2. The maximum absolute atomic E-state index is 13.1. The van der Waals surface area contributed by atoms with Crippen LogP contribution in [0, 0.1) is 20.8 Å². The minimum Gasteiger partial charge on any atom is -0.459 e. The molecule has 9 heteroatoms. The summed E-state index contributed by atoms with van der Waals surface area (Å²) in [5.41, 5.74) is 3.86. The molecule has 1 fully saturated rings. The van der Waals surface area contributed by atoms with E-state index in [9.17, 15) is 14.4 Å². The highest BCUT2D eigenvalue weighted by atomic mass is 32.1. The Morgan fingerprint density at radius 1 is 0.971 bits per heavy atom. The first-order valence-corrected chi connectivity index (χ1v) is 12.0. The number of piperazine rings is 1. The van der Waals surface area contributed by atoms with E-state index in [0.29, 0.717) is 36.1 Å². The van der Waals surface area contributed by atoms with Crippen LogP contribution in [0.5, 0.6) is 0 Å². The smallest absolute Gasteiger partial charge is 0.291 e. The Hall–Kier alpha value is -3.43. The van der Waals surface area contributed by atoms with Crippen molar-refractivity contribution in [3.05, 3.63) is 70.0 Å². The van der Waals surface area contributed by atoms with Crippen molar-refractivity contribution in [3.63, 3.8) is 0 Å². The maximum atomic E-state index is 13.1. The predicted molar refractivity (Wildman–Crippen MR) is 133 cm³/mol. The SMILES string of the molecule is Cc1cc(NC(=O)c2ccco2)sc1C(=O)N1CCN(CC(=O)Nc2cccc(C)c2C)CC1. The summed E-state index contributed by atoms with van der Waals surface area (Å²) < 4.78 is 5.11. The van der Waals surface area contributed by atoms with Crippen LogP contribution in [0.25, 0.3) is 0 Å². The number of hydrogen-bond acceptors (Lipinski definition) is 6. The molecule has 0 atom stereocenters. The topological polar surface area (TPSA) is 94.9 Å². The zero-order valence-electron chi connectivity index (χ0n) is 19.5. The summed E-state index contributed by atoms with van der Waals surface area (Å²) >= 11 is 1.26. The van der Waals surface area contributed by atoms with Gasteiger partial charge in [0.15, 0.2) is 5.76 Å². The van der Waals surface area contributed by atoms with Crippen molar-refractivity contribution >= 4 is 39.7 Å². The van der Waals surface area contributed by atoms with E-state index in [2.05, 4.69) is 15.5 Å². The van der Waals surface area contributed by atoms with E-state index in [-0.39, 0.29) is 30.0 Å². The highest BCUT2D eigenvalue weighted by molar-refractivity contribution is 7.18. The lowest BCUT2D eigenvalue weighted by Gasteiger charge is -2.34. The van der Waals surface area contributed by atoms with Gasteiger partial charge in [-0.05, 0) is 61.7 Å². The molecule has 34 heavy (non-hydrogen) atoms. The fraction of sp³-hybridized carbons (Fsp3) is 0.320. The van der Waals surface area contributed by atoms with Gasteiger partial charge in [0.2, 0.25) is 5.91 Å². The number of hydrogen-bond donors (Lipinski definition) is 2. The summed E-state index contributed by atoms with van der Waals surface area (Å²) in [5, 5.41) is 6.38. The quantitative estimate of drug-likeness (QED) is 0.558. The number of nitrogens with one attached hydrogen (secondary N) is 2. The molecule has 0 saturated carbocycles. The van der Waals surface area contributed by atoms with Gasteiger partial charge < -0.3 is 20.0 Å². The number of rotatable bonds is 6. The second-order valence-electron chi connectivity index (χ2n) is 8.42. The molecule has 3 aromatic rings. The molecule has 2 aromatic heterocycles. The molecule has 4 rings (SSSR count). The van der Waals surface area contributed by atoms with Crippen LogP contribution in [0.15, 0.2) is 47.1 Å². The van der Waals surface area contributed by atoms with E-state index in [1.165, 1.54) is 17.6 Å². The minimum absolute atomic E-state index is 0.0551. The van der Waals surface area contributed by atoms with Crippen LogP contribution in [0.3, 0.4) is 0 Å². The lowest BCUT2D eigenvalue weighted by atomic mass is 10.1. The van der Waals surface area contributed by atoms with Gasteiger partial charge in [-0.2, -0.15) is 0 Å². The zero-order valence-corrected chi connectivity index (χ0v) is 20.3.